The molecule has 82 valence electrons. The molecule has 15 heavy (non-hydrogen) atoms. The normalized spacial score (nSPS) is 9.80. The second kappa shape index (κ2) is 4.65. The number of rotatable bonds is 3. The van der Waals surface area contributed by atoms with Crippen molar-refractivity contribution >= 4 is 11.6 Å². The van der Waals surface area contributed by atoms with Crippen LogP contribution in [0.1, 0.15) is 10.4 Å². The van der Waals surface area contributed by atoms with Gasteiger partial charge in [-0.05, 0) is 18.2 Å². The van der Waals surface area contributed by atoms with Gasteiger partial charge in [-0.1, -0.05) is 0 Å². The number of methoxy groups -OCH3 is 1. The van der Waals surface area contributed by atoms with Gasteiger partial charge in [0.25, 0.3) is 5.91 Å². The van der Waals surface area contributed by atoms with Crippen molar-refractivity contribution < 1.29 is 14.4 Å². The highest BCUT2D eigenvalue weighted by molar-refractivity contribution is 5.97. The molecule has 5 nitrogen and oxygen atoms in total. The van der Waals surface area contributed by atoms with Gasteiger partial charge < -0.3 is 10.5 Å². The van der Waals surface area contributed by atoms with Crippen LogP contribution in [-0.2, 0) is 4.84 Å². The fourth-order valence-electron chi connectivity index (χ4n) is 1.15. The molecular weight excluding hydrogens is 196 g/mol. The number of hydrogen-bond donors (Lipinski definition) is 1. The summed E-state index contributed by atoms with van der Waals surface area (Å²) >= 11 is 0. The minimum absolute atomic E-state index is 0.304. The maximum absolute atomic E-state index is 11.8. The summed E-state index contributed by atoms with van der Waals surface area (Å²) in [5.74, 6) is 0.166. The molecule has 1 amide bonds. The first-order valence-electron chi connectivity index (χ1n) is 4.35. The van der Waals surface area contributed by atoms with Gasteiger partial charge in [0.1, 0.15) is 5.75 Å². The van der Waals surface area contributed by atoms with Crippen molar-refractivity contribution in [2.24, 2.45) is 0 Å². The van der Waals surface area contributed by atoms with Gasteiger partial charge in [-0.3, -0.25) is 9.63 Å². The van der Waals surface area contributed by atoms with Crippen molar-refractivity contribution in [3.05, 3.63) is 23.8 Å². The minimum Gasteiger partial charge on any atom is -0.496 e. The van der Waals surface area contributed by atoms with E-state index in [2.05, 4.69) is 0 Å². The predicted octanol–water partition coefficient (Wildman–Crippen LogP) is 0.911. The average Bonchev–Trinajstić information content (AvgIpc) is 2.27. The van der Waals surface area contributed by atoms with Crippen LogP contribution < -0.4 is 10.5 Å². The fourth-order valence-corrected chi connectivity index (χ4v) is 1.15. The molecule has 1 aromatic carbocycles. The van der Waals surface area contributed by atoms with Gasteiger partial charge in [-0.15, -0.1) is 0 Å². The lowest BCUT2D eigenvalue weighted by molar-refractivity contribution is -0.0758. The lowest BCUT2D eigenvalue weighted by atomic mass is 10.1. The molecule has 5 heteroatoms. The number of carbonyl (C=O) groups is 1. The predicted molar refractivity (Wildman–Crippen MR) is 56.5 cm³/mol. The number of hydroxylamine groups is 2. The van der Waals surface area contributed by atoms with E-state index in [0.717, 1.165) is 5.06 Å². The monoisotopic (exact) mass is 210 g/mol. The molecule has 1 aromatic rings. The second-order valence-electron chi connectivity index (χ2n) is 2.94. The number of hydrogen-bond acceptors (Lipinski definition) is 4. The number of ether oxygens (including phenoxy) is 1. The van der Waals surface area contributed by atoms with Crippen LogP contribution in [0.15, 0.2) is 18.2 Å². The number of benzene rings is 1. The molecule has 0 bridgehead atoms. The summed E-state index contributed by atoms with van der Waals surface area (Å²) in [7, 11) is 4.43. The van der Waals surface area contributed by atoms with Gasteiger partial charge >= 0.3 is 0 Å². The van der Waals surface area contributed by atoms with Crippen molar-refractivity contribution in [3.63, 3.8) is 0 Å². The highest BCUT2D eigenvalue weighted by atomic mass is 16.7. The number of nitrogen functional groups attached to an aromatic ring is 1. The first-order valence-corrected chi connectivity index (χ1v) is 4.35. The molecule has 0 saturated heterocycles. The van der Waals surface area contributed by atoms with Gasteiger partial charge in [-0.25, -0.2) is 5.06 Å². The Morgan fingerprint density at radius 2 is 2.07 bits per heavy atom. The Balaban J connectivity index is 3.11. The van der Waals surface area contributed by atoms with Gasteiger partial charge in [0.15, 0.2) is 0 Å². The second-order valence-corrected chi connectivity index (χ2v) is 2.94. The zero-order valence-corrected chi connectivity index (χ0v) is 8.98. The number of carbonyl (C=O) groups excluding carboxylic acids is 1. The molecule has 0 atom stereocenters. The SMILES string of the molecule is COc1ccc(N)cc1C(=O)N(C)OC. The van der Waals surface area contributed by atoms with Crippen molar-refractivity contribution in [2.45, 2.75) is 0 Å². The van der Waals surface area contributed by atoms with Gasteiger partial charge in [0.2, 0.25) is 0 Å². The van der Waals surface area contributed by atoms with E-state index < -0.39 is 0 Å². The third-order valence-corrected chi connectivity index (χ3v) is 2.01. The Kier molecular flexibility index (Phi) is 3.51. The van der Waals surface area contributed by atoms with Crippen LogP contribution in [0.3, 0.4) is 0 Å². The summed E-state index contributed by atoms with van der Waals surface area (Å²) in [6.07, 6.45) is 0. The number of nitrogens with zero attached hydrogens (tertiary/aromatic N) is 1. The van der Waals surface area contributed by atoms with Crippen molar-refractivity contribution in [2.75, 3.05) is 27.0 Å². The first kappa shape index (κ1) is 11.3. The lowest BCUT2D eigenvalue weighted by Gasteiger charge is -2.15. The van der Waals surface area contributed by atoms with Crippen molar-refractivity contribution in [3.8, 4) is 5.75 Å². The van der Waals surface area contributed by atoms with Crippen LogP contribution in [0.4, 0.5) is 5.69 Å². The van der Waals surface area contributed by atoms with Crippen molar-refractivity contribution in [1.29, 1.82) is 0 Å². The van der Waals surface area contributed by atoms with Crippen molar-refractivity contribution in [1.82, 2.24) is 5.06 Å². The molecule has 0 unspecified atom stereocenters. The number of anilines is 1. The van der Waals surface area contributed by atoms with E-state index in [1.54, 1.807) is 18.2 Å². The number of nitrogens with two attached hydrogens (primary N) is 1. The van der Waals surface area contributed by atoms with E-state index in [-0.39, 0.29) is 5.91 Å². The smallest absolute Gasteiger partial charge is 0.280 e. The summed E-state index contributed by atoms with van der Waals surface area (Å²) in [5.41, 5.74) is 6.47. The highest BCUT2D eigenvalue weighted by Crippen LogP contribution is 2.22. The van der Waals surface area contributed by atoms with E-state index in [4.69, 9.17) is 15.3 Å². The van der Waals surface area contributed by atoms with Crippen LogP contribution in [0.2, 0.25) is 0 Å². The zero-order valence-electron chi connectivity index (χ0n) is 8.98. The molecule has 1 rings (SSSR count). The molecule has 0 spiro atoms. The van der Waals surface area contributed by atoms with Gasteiger partial charge in [0.05, 0.1) is 19.8 Å². The van der Waals surface area contributed by atoms with E-state index in [0.29, 0.717) is 17.0 Å². The summed E-state index contributed by atoms with van der Waals surface area (Å²) in [6.45, 7) is 0. The van der Waals surface area contributed by atoms with Crippen LogP contribution in [0.5, 0.6) is 5.75 Å². The summed E-state index contributed by atoms with van der Waals surface area (Å²) in [5, 5.41) is 1.11. The third-order valence-electron chi connectivity index (χ3n) is 2.01. The number of amides is 1. The molecule has 0 aliphatic heterocycles. The van der Waals surface area contributed by atoms with Crippen LogP contribution >= 0.6 is 0 Å². The highest BCUT2D eigenvalue weighted by Gasteiger charge is 2.16. The molecule has 0 heterocycles. The fraction of sp³-hybridized carbons (Fsp3) is 0.300. The maximum Gasteiger partial charge on any atom is 0.280 e. The zero-order chi connectivity index (χ0) is 11.4. The quantitative estimate of drug-likeness (QED) is 0.595. The molecule has 0 aliphatic carbocycles. The van der Waals surface area contributed by atoms with Gasteiger partial charge in [0, 0.05) is 12.7 Å². The average molecular weight is 210 g/mol. The molecule has 2 N–H and O–H groups in total. The largest absolute Gasteiger partial charge is 0.496 e. The van der Waals surface area contributed by atoms with E-state index in [1.165, 1.54) is 21.3 Å². The van der Waals surface area contributed by atoms with E-state index >= 15 is 0 Å². The molecular formula is C10H14N2O3. The molecule has 0 saturated carbocycles. The Bertz CT molecular complexity index is 366. The van der Waals surface area contributed by atoms with Gasteiger partial charge in [-0.2, -0.15) is 0 Å². The molecule has 0 aromatic heterocycles. The van der Waals surface area contributed by atoms with E-state index in [9.17, 15) is 4.79 Å². The Morgan fingerprint density at radius 3 is 2.60 bits per heavy atom. The standard InChI is InChI=1S/C10H14N2O3/c1-12(15-3)10(13)8-6-7(11)4-5-9(8)14-2/h4-6H,11H2,1-3H3. The van der Waals surface area contributed by atoms with Crippen LogP contribution in [0.25, 0.3) is 0 Å². The Morgan fingerprint density at radius 1 is 1.40 bits per heavy atom. The molecule has 0 radical (unpaired) electrons. The lowest BCUT2D eigenvalue weighted by Crippen LogP contribution is -2.25. The maximum atomic E-state index is 11.8. The van der Waals surface area contributed by atoms with E-state index in [1.807, 2.05) is 0 Å². The minimum atomic E-state index is -0.304. The first-order chi connectivity index (χ1) is 7.10. The Hall–Kier alpha value is -1.75. The third kappa shape index (κ3) is 2.38. The Labute approximate surface area is 88.3 Å². The molecule has 0 fully saturated rings. The topological polar surface area (TPSA) is 64.8 Å². The molecule has 0 aliphatic rings. The summed E-state index contributed by atoms with van der Waals surface area (Å²) in [6, 6.07) is 4.87. The summed E-state index contributed by atoms with van der Waals surface area (Å²) < 4.78 is 5.06. The van der Waals surface area contributed by atoms with Crippen LogP contribution in [0, 0.1) is 0 Å². The van der Waals surface area contributed by atoms with Crippen LogP contribution in [-0.4, -0.2) is 32.2 Å². The summed E-state index contributed by atoms with van der Waals surface area (Å²) in [4.78, 5) is 16.6.